The minimum Gasteiger partial charge on any atom is -0.296 e. The molecule has 0 heterocycles. The van der Waals surface area contributed by atoms with E-state index < -0.39 is 13.2 Å². The molecule has 1 aromatic rings. The summed E-state index contributed by atoms with van der Waals surface area (Å²) in [6.07, 6.45) is 0.584. The maximum absolute atomic E-state index is 12.2. The van der Waals surface area contributed by atoms with Crippen molar-refractivity contribution in [1.82, 2.24) is 0 Å². The lowest BCUT2D eigenvalue weighted by Gasteiger charge is -2.24. The summed E-state index contributed by atoms with van der Waals surface area (Å²) in [6, 6.07) is 9.71. The summed E-state index contributed by atoms with van der Waals surface area (Å²) < 4.78 is 26.0. The molecule has 6 heteroatoms. The van der Waals surface area contributed by atoms with Crippen molar-refractivity contribution in [2.75, 3.05) is 20.8 Å². The number of hydrogen-bond acceptors (Lipinski definition) is 5. The fraction of sp³-hybridized carbons (Fsp3) is 0.500. The molecule has 0 saturated carbocycles. The molecule has 5 nitrogen and oxygen atoms in total. The summed E-state index contributed by atoms with van der Waals surface area (Å²) >= 11 is 0. The number of rotatable bonds is 8. The van der Waals surface area contributed by atoms with E-state index >= 15 is 0 Å². The number of phosphoric ester groups is 1. The van der Waals surface area contributed by atoms with Gasteiger partial charge in [0, 0.05) is 19.6 Å². The van der Waals surface area contributed by atoms with E-state index in [2.05, 4.69) is 9.05 Å². The fourth-order valence-electron chi connectivity index (χ4n) is 1.72. The third-order valence-corrected chi connectivity index (χ3v) is 4.38. The number of phosphoric acid groups is 1. The van der Waals surface area contributed by atoms with Gasteiger partial charge < -0.3 is 0 Å². The monoisotopic (exact) mass is 300 g/mol. The standard InChI is InChI=1S/C14H21O5P/c1-14(2,10-12-8-6-5-7-9-12)13(15)11-19-20(16,17-3)18-4/h5-9H,10-11H2,1-4H3. The summed E-state index contributed by atoms with van der Waals surface area (Å²) in [5, 5.41) is 0. The first-order valence-electron chi connectivity index (χ1n) is 6.26. The zero-order valence-corrected chi connectivity index (χ0v) is 13.2. The second-order valence-electron chi connectivity index (χ2n) is 5.06. The van der Waals surface area contributed by atoms with E-state index in [9.17, 15) is 9.36 Å². The Morgan fingerprint density at radius 1 is 1.15 bits per heavy atom. The Hall–Kier alpha value is -1.00. The van der Waals surface area contributed by atoms with Crippen LogP contribution in [0.25, 0.3) is 0 Å². The molecule has 1 rings (SSSR count). The van der Waals surface area contributed by atoms with Crippen molar-refractivity contribution in [1.29, 1.82) is 0 Å². The van der Waals surface area contributed by atoms with Crippen molar-refractivity contribution >= 4 is 13.6 Å². The quantitative estimate of drug-likeness (QED) is 0.690. The molecule has 0 aliphatic rings. The molecule has 0 spiro atoms. The van der Waals surface area contributed by atoms with Crippen molar-refractivity contribution in [3.63, 3.8) is 0 Å². The molecule has 0 aliphatic heterocycles. The summed E-state index contributed by atoms with van der Waals surface area (Å²) in [4.78, 5) is 12.2. The fourth-order valence-corrected chi connectivity index (χ4v) is 2.35. The Morgan fingerprint density at radius 2 is 1.70 bits per heavy atom. The van der Waals surface area contributed by atoms with Gasteiger partial charge in [0.05, 0.1) is 0 Å². The molecule has 0 fully saturated rings. The number of Topliss-reactive ketones (excluding diaryl/α,β-unsaturated/α-hetero) is 1. The van der Waals surface area contributed by atoms with Crippen LogP contribution in [-0.2, 0) is 29.4 Å². The number of carbonyl (C=O) groups is 1. The molecule has 0 saturated heterocycles. The molecule has 0 atom stereocenters. The molecule has 0 radical (unpaired) electrons. The van der Waals surface area contributed by atoms with Crippen LogP contribution in [0.1, 0.15) is 19.4 Å². The Kier molecular flexibility index (Phi) is 6.08. The van der Waals surface area contributed by atoms with Gasteiger partial charge in [-0.05, 0) is 12.0 Å². The van der Waals surface area contributed by atoms with Crippen molar-refractivity contribution in [2.24, 2.45) is 5.41 Å². The highest BCUT2D eigenvalue weighted by Gasteiger charge is 2.31. The van der Waals surface area contributed by atoms with Crippen LogP contribution in [0.5, 0.6) is 0 Å². The average molecular weight is 300 g/mol. The summed E-state index contributed by atoms with van der Waals surface area (Å²) in [6.45, 7) is 3.35. The van der Waals surface area contributed by atoms with Gasteiger partial charge in [0.15, 0.2) is 5.78 Å². The first-order valence-corrected chi connectivity index (χ1v) is 7.72. The highest BCUT2D eigenvalue weighted by molar-refractivity contribution is 7.48. The van der Waals surface area contributed by atoms with Crippen LogP contribution in [0.2, 0.25) is 0 Å². The number of benzene rings is 1. The molecule has 0 aliphatic carbocycles. The molecular weight excluding hydrogens is 279 g/mol. The molecular formula is C14H21O5P. The molecule has 20 heavy (non-hydrogen) atoms. The summed E-state index contributed by atoms with van der Waals surface area (Å²) in [5.41, 5.74) is 0.445. The van der Waals surface area contributed by atoms with Crippen LogP contribution in [0.4, 0.5) is 0 Å². The zero-order valence-electron chi connectivity index (χ0n) is 12.3. The Labute approximate surface area is 119 Å². The molecule has 0 N–H and O–H groups in total. The van der Waals surface area contributed by atoms with Gasteiger partial charge in [-0.1, -0.05) is 44.2 Å². The van der Waals surface area contributed by atoms with Crippen molar-refractivity contribution in [3.8, 4) is 0 Å². The number of hydrogen-bond donors (Lipinski definition) is 0. The lowest BCUT2D eigenvalue weighted by Crippen LogP contribution is -2.30. The molecule has 0 bridgehead atoms. The lowest BCUT2D eigenvalue weighted by atomic mass is 9.82. The molecule has 0 amide bonds. The predicted octanol–water partition coefficient (Wildman–Crippen LogP) is 3.24. The molecule has 1 aromatic carbocycles. The van der Waals surface area contributed by atoms with Crippen LogP contribution in [0.3, 0.4) is 0 Å². The van der Waals surface area contributed by atoms with E-state index in [0.29, 0.717) is 6.42 Å². The van der Waals surface area contributed by atoms with Gasteiger partial charge in [-0.15, -0.1) is 0 Å². The topological polar surface area (TPSA) is 61.8 Å². The Morgan fingerprint density at radius 3 is 2.20 bits per heavy atom. The van der Waals surface area contributed by atoms with E-state index in [-0.39, 0.29) is 12.4 Å². The largest absolute Gasteiger partial charge is 0.474 e. The van der Waals surface area contributed by atoms with Crippen molar-refractivity contribution in [2.45, 2.75) is 20.3 Å². The van der Waals surface area contributed by atoms with Crippen LogP contribution in [0, 0.1) is 5.41 Å². The van der Waals surface area contributed by atoms with Gasteiger partial charge in [-0.2, -0.15) is 0 Å². The van der Waals surface area contributed by atoms with E-state index in [1.165, 1.54) is 14.2 Å². The van der Waals surface area contributed by atoms with E-state index in [0.717, 1.165) is 5.56 Å². The van der Waals surface area contributed by atoms with Gasteiger partial charge >= 0.3 is 7.82 Å². The van der Waals surface area contributed by atoms with Gasteiger partial charge in [0.25, 0.3) is 0 Å². The van der Waals surface area contributed by atoms with E-state index in [4.69, 9.17) is 4.52 Å². The molecule has 0 aromatic heterocycles. The summed E-state index contributed by atoms with van der Waals surface area (Å²) in [5.74, 6) is -0.157. The number of carbonyl (C=O) groups excluding carboxylic acids is 1. The van der Waals surface area contributed by atoms with Crippen LogP contribution < -0.4 is 0 Å². The van der Waals surface area contributed by atoms with Crippen LogP contribution in [-0.4, -0.2) is 26.6 Å². The third kappa shape index (κ3) is 4.84. The Bertz CT molecular complexity index is 476. The van der Waals surface area contributed by atoms with Gasteiger partial charge in [0.1, 0.15) is 6.61 Å². The highest BCUT2D eigenvalue weighted by Crippen LogP contribution is 2.47. The molecule has 0 unspecified atom stereocenters. The second-order valence-corrected chi connectivity index (χ2v) is 6.94. The molecule has 112 valence electrons. The minimum absolute atomic E-state index is 0.157. The van der Waals surface area contributed by atoms with Crippen molar-refractivity contribution < 1.29 is 22.9 Å². The minimum atomic E-state index is -3.61. The smallest absolute Gasteiger partial charge is 0.296 e. The van der Waals surface area contributed by atoms with E-state index in [1.54, 1.807) is 0 Å². The second kappa shape index (κ2) is 7.14. The maximum atomic E-state index is 12.2. The maximum Gasteiger partial charge on any atom is 0.474 e. The summed E-state index contributed by atoms with van der Waals surface area (Å²) in [7, 11) is -1.18. The Balaban J connectivity index is 2.64. The van der Waals surface area contributed by atoms with Crippen LogP contribution in [0.15, 0.2) is 30.3 Å². The predicted molar refractivity (Wildman–Crippen MR) is 76.5 cm³/mol. The first-order chi connectivity index (χ1) is 9.33. The van der Waals surface area contributed by atoms with Gasteiger partial charge in [-0.3, -0.25) is 18.4 Å². The van der Waals surface area contributed by atoms with Crippen LogP contribution >= 0.6 is 7.82 Å². The lowest BCUT2D eigenvalue weighted by molar-refractivity contribution is -0.129. The normalized spacial score (nSPS) is 12.4. The zero-order chi connectivity index (χ0) is 15.2. The average Bonchev–Trinajstić information content (AvgIpc) is 2.45. The first kappa shape index (κ1) is 17.1. The van der Waals surface area contributed by atoms with Gasteiger partial charge in [0.2, 0.25) is 0 Å². The third-order valence-electron chi connectivity index (χ3n) is 3.04. The van der Waals surface area contributed by atoms with Crippen molar-refractivity contribution in [3.05, 3.63) is 35.9 Å². The highest BCUT2D eigenvalue weighted by atomic mass is 31.2. The SMILES string of the molecule is COP(=O)(OC)OCC(=O)C(C)(C)Cc1ccccc1. The van der Waals surface area contributed by atoms with Gasteiger partial charge in [-0.25, -0.2) is 4.57 Å². The van der Waals surface area contributed by atoms with E-state index in [1.807, 2.05) is 44.2 Å². The number of ketones is 1.